The molecule has 0 saturated heterocycles. The first kappa shape index (κ1) is 15.6. The number of aliphatic hydroxyl groups is 1. The summed E-state index contributed by atoms with van der Waals surface area (Å²) in [6.07, 6.45) is 0.179. The van der Waals surface area contributed by atoms with Crippen LogP contribution in [-0.2, 0) is 0 Å². The Bertz CT molecular complexity index is 769. The minimum absolute atomic E-state index is 0.0904. The Morgan fingerprint density at radius 1 is 1.05 bits per heavy atom. The molecule has 116 valence electrons. The molecule has 0 aliphatic heterocycles. The molecule has 3 N–H and O–H groups in total. The molecule has 0 unspecified atom stereocenters. The third kappa shape index (κ3) is 2.48. The van der Waals surface area contributed by atoms with E-state index in [1.165, 1.54) is 0 Å². The quantitative estimate of drug-likeness (QED) is 0.743. The van der Waals surface area contributed by atoms with E-state index in [2.05, 4.69) is 4.57 Å². The summed E-state index contributed by atoms with van der Waals surface area (Å²) >= 11 is 12.3. The van der Waals surface area contributed by atoms with Crippen LogP contribution >= 0.6 is 23.2 Å². The average molecular weight is 337 g/mol. The van der Waals surface area contributed by atoms with E-state index >= 15 is 0 Å². The van der Waals surface area contributed by atoms with Crippen LogP contribution in [0.2, 0.25) is 10.0 Å². The summed E-state index contributed by atoms with van der Waals surface area (Å²) in [5.74, 6) is 0. The van der Waals surface area contributed by atoms with Crippen molar-refractivity contribution in [3.05, 3.63) is 46.4 Å². The zero-order valence-corrected chi connectivity index (χ0v) is 13.8. The molecule has 1 heterocycles. The molecule has 3 nitrogen and oxygen atoms in total. The van der Waals surface area contributed by atoms with Crippen molar-refractivity contribution in [2.75, 3.05) is 6.54 Å². The highest BCUT2D eigenvalue weighted by atomic mass is 35.5. The number of nitrogens with two attached hydrogens (primary N) is 1. The van der Waals surface area contributed by atoms with Gasteiger partial charge in [0.2, 0.25) is 0 Å². The smallest absolute Gasteiger partial charge is 0.0869 e. The number of hydrogen-bond acceptors (Lipinski definition) is 2. The van der Waals surface area contributed by atoms with E-state index in [4.69, 9.17) is 28.9 Å². The molecule has 1 aromatic heterocycles. The number of halogens is 2. The largest absolute Gasteiger partial charge is 0.390 e. The van der Waals surface area contributed by atoms with Gasteiger partial charge < -0.3 is 15.4 Å². The van der Waals surface area contributed by atoms with E-state index in [0.717, 1.165) is 28.2 Å². The fraction of sp³-hybridized carbons (Fsp3) is 0.294. The van der Waals surface area contributed by atoms with Crippen molar-refractivity contribution in [2.45, 2.75) is 25.5 Å². The SMILES string of the molecule is CC[C@@H]([C@@H](O)CN)n1c2ccc(Cl)cc2c2cc(Cl)ccc21. The summed E-state index contributed by atoms with van der Waals surface area (Å²) in [7, 11) is 0. The van der Waals surface area contributed by atoms with Gasteiger partial charge >= 0.3 is 0 Å². The first-order valence-corrected chi connectivity index (χ1v) is 8.09. The van der Waals surface area contributed by atoms with Crippen molar-refractivity contribution >= 4 is 45.0 Å². The third-order valence-electron chi connectivity index (χ3n) is 4.16. The number of aliphatic hydroxyl groups excluding tert-OH is 1. The minimum Gasteiger partial charge on any atom is -0.390 e. The lowest BCUT2D eigenvalue weighted by atomic mass is 10.1. The Labute approximate surface area is 139 Å². The Balaban J connectivity index is 2.40. The van der Waals surface area contributed by atoms with Gasteiger partial charge in [-0.15, -0.1) is 0 Å². The van der Waals surface area contributed by atoms with Crippen LogP contribution in [0.15, 0.2) is 36.4 Å². The molecule has 0 aliphatic carbocycles. The molecule has 0 fully saturated rings. The van der Waals surface area contributed by atoms with Gasteiger partial charge in [0.25, 0.3) is 0 Å². The Kier molecular flexibility index (Phi) is 4.33. The van der Waals surface area contributed by atoms with E-state index in [1.54, 1.807) is 0 Å². The van der Waals surface area contributed by atoms with E-state index in [-0.39, 0.29) is 12.6 Å². The van der Waals surface area contributed by atoms with Crippen LogP contribution in [0.3, 0.4) is 0 Å². The van der Waals surface area contributed by atoms with Crippen molar-refractivity contribution in [3.8, 4) is 0 Å². The summed E-state index contributed by atoms with van der Waals surface area (Å²) < 4.78 is 2.15. The lowest BCUT2D eigenvalue weighted by Gasteiger charge is -2.24. The monoisotopic (exact) mass is 336 g/mol. The fourth-order valence-corrected chi connectivity index (χ4v) is 3.48. The van der Waals surface area contributed by atoms with Crippen LogP contribution in [-0.4, -0.2) is 22.3 Å². The van der Waals surface area contributed by atoms with Crippen LogP contribution in [0.25, 0.3) is 21.8 Å². The molecule has 0 spiro atoms. The number of fused-ring (bicyclic) bond motifs is 3. The van der Waals surface area contributed by atoms with Gasteiger partial charge in [-0.05, 0) is 42.8 Å². The van der Waals surface area contributed by atoms with Crippen molar-refractivity contribution in [2.24, 2.45) is 5.73 Å². The van der Waals surface area contributed by atoms with Gasteiger partial charge in [0.05, 0.1) is 12.1 Å². The van der Waals surface area contributed by atoms with E-state index in [1.807, 2.05) is 43.3 Å². The lowest BCUT2D eigenvalue weighted by molar-refractivity contribution is 0.121. The molecule has 3 aromatic rings. The number of nitrogens with zero attached hydrogens (tertiary/aromatic N) is 1. The molecule has 0 radical (unpaired) electrons. The summed E-state index contributed by atoms with van der Waals surface area (Å²) in [5.41, 5.74) is 7.74. The van der Waals surface area contributed by atoms with Crippen molar-refractivity contribution < 1.29 is 5.11 Å². The molecule has 0 bridgehead atoms. The van der Waals surface area contributed by atoms with Crippen molar-refractivity contribution in [3.63, 3.8) is 0 Å². The van der Waals surface area contributed by atoms with Crippen LogP contribution in [0.5, 0.6) is 0 Å². The van der Waals surface area contributed by atoms with Crippen molar-refractivity contribution in [1.29, 1.82) is 0 Å². The molecule has 0 saturated carbocycles. The van der Waals surface area contributed by atoms with Crippen LogP contribution in [0.1, 0.15) is 19.4 Å². The first-order valence-electron chi connectivity index (χ1n) is 7.33. The Morgan fingerprint density at radius 2 is 1.55 bits per heavy atom. The normalized spacial score (nSPS) is 14.6. The van der Waals surface area contributed by atoms with Crippen LogP contribution in [0, 0.1) is 0 Å². The summed E-state index contributed by atoms with van der Waals surface area (Å²) in [6, 6.07) is 11.5. The number of rotatable bonds is 4. The zero-order valence-electron chi connectivity index (χ0n) is 12.3. The Morgan fingerprint density at radius 3 is 1.95 bits per heavy atom. The molecule has 3 rings (SSSR count). The summed E-state index contributed by atoms with van der Waals surface area (Å²) in [6.45, 7) is 2.27. The fourth-order valence-electron chi connectivity index (χ4n) is 3.14. The minimum atomic E-state index is -0.602. The average Bonchev–Trinajstić information content (AvgIpc) is 2.81. The highest BCUT2D eigenvalue weighted by Gasteiger charge is 2.22. The van der Waals surface area contributed by atoms with Gasteiger partial charge in [0.1, 0.15) is 0 Å². The number of aromatic nitrogens is 1. The van der Waals surface area contributed by atoms with Gasteiger partial charge in [-0.1, -0.05) is 30.1 Å². The second-order valence-corrected chi connectivity index (χ2v) is 6.34. The maximum atomic E-state index is 10.3. The predicted molar refractivity (Wildman–Crippen MR) is 93.9 cm³/mol. The second kappa shape index (κ2) is 6.09. The standard InChI is InChI=1S/C17H18Cl2N2O/c1-2-14(17(22)9-20)21-15-5-3-10(18)7-12(15)13-8-11(19)4-6-16(13)21/h3-8,14,17,22H,2,9,20H2,1H3/t14-,17-/m0/s1. The molecule has 0 aliphatic rings. The maximum absolute atomic E-state index is 10.3. The van der Waals surface area contributed by atoms with Crippen LogP contribution < -0.4 is 5.73 Å². The summed E-state index contributed by atoms with van der Waals surface area (Å²) in [5, 5.41) is 13.7. The molecule has 0 amide bonds. The Hall–Kier alpha value is -1.26. The van der Waals surface area contributed by atoms with Gasteiger partial charge in [0, 0.05) is 38.4 Å². The van der Waals surface area contributed by atoms with Gasteiger partial charge in [-0.3, -0.25) is 0 Å². The second-order valence-electron chi connectivity index (χ2n) is 5.47. The van der Waals surface area contributed by atoms with E-state index in [9.17, 15) is 5.11 Å². The van der Waals surface area contributed by atoms with E-state index < -0.39 is 6.10 Å². The van der Waals surface area contributed by atoms with Crippen LogP contribution in [0.4, 0.5) is 0 Å². The maximum Gasteiger partial charge on any atom is 0.0869 e. The summed E-state index contributed by atoms with van der Waals surface area (Å²) in [4.78, 5) is 0. The first-order chi connectivity index (χ1) is 10.6. The molecular weight excluding hydrogens is 319 g/mol. The zero-order chi connectivity index (χ0) is 15.9. The van der Waals surface area contributed by atoms with E-state index in [0.29, 0.717) is 10.0 Å². The van der Waals surface area contributed by atoms with Gasteiger partial charge in [0.15, 0.2) is 0 Å². The van der Waals surface area contributed by atoms with Gasteiger partial charge in [-0.2, -0.15) is 0 Å². The number of benzene rings is 2. The molecule has 22 heavy (non-hydrogen) atoms. The van der Waals surface area contributed by atoms with Crippen molar-refractivity contribution in [1.82, 2.24) is 4.57 Å². The predicted octanol–water partition coefficient (Wildman–Crippen LogP) is 4.37. The highest BCUT2D eigenvalue weighted by molar-refractivity contribution is 6.33. The molecular formula is C17H18Cl2N2O. The number of hydrogen-bond donors (Lipinski definition) is 2. The topological polar surface area (TPSA) is 51.2 Å². The molecule has 2 aromatic carbocycles. The highest BCUT2D eigenvalue weighted by Crippen LogP contribution is 2.36. The van der Waals surface area contributed by atoms with Gasteiger partial charge in [-0.25, -0.2) is 0 Å². The molecule has 2 atom stereocenters. The third-order valence-corrected chi connectivity index (χ3v) is 4.63. The lowest BCUT2D eigenvalue weighted by Crippen LogP contribution is -2.30. The molecule has 5 heteroatoms.